The number of hydrogen-bond donors (Lipinski definition) is 0. The van der Waals surface area contributed by atoms with E-state index in [1.165, 1.54) is 4.90 Å². The van der Waals surface area contributed by atoms with Gasteiger partial charge in [-0.3, -0.25) is 19.4 Å². The summed E-state index contributed by atoms with van der Waals surface area (Å²) in [6, 6.07) is 7.05. The van der Waals surface area contributed by atoms with Crippen molar-refractivity contribution in [2.45, 2.75) is 0 Å². The molecule has 21 heavy (non-hydrogen) atoms. The summed E-state index contributed by atoms with van der Waals surface area (Å²) in [5, 5.41) is 0. The minimum atomic E-state index is -0.153. The lowest BCUT2D eigenvalue weighted by atomic mass is 10.1. The fourth-order valence-corrected chi connectivity index (χ4v) is 2.76. The Bertz CT molecular complexity index is 506. The Morgan fingerprint density at radius 2 is 1.43 bits per heavy atom. The molecule has 2 aliphatic heterocycles. The van der Waals surface area contributed by atoms with Gasteiger partial charge in [0, 0.05) is 39.3 Å². The van der Waals surface area contributed by atoms with Gasteiger partial charge in [-0.05, 0) is 19.2 Å². The summed E-state index contributed by atoms with van der Waals surface area (Å²) in [7, 11) is 2.11. The van der Waals surface area contributed by atoms with Crippen molar-refractivity contribution in [2.24, 2.45) is 0 Å². The number of amides is 2. The van der Waals surface area contributed by atoms with Crippen LogP contribution in [-0.4, -0.2) is 72.8 Å². The fourth-order valence-electron chi connectivity index (χ4n) is 2.76. The predicted molar refractivity (Wildman–Crippen MR) is 83.0 cm³/mol. The molecule has 1 aromatic rings. The van der Waals surface area contributed by atoms with Gasteiger partial charge in [-0.25, -0.2) is 0 Å². The van der Waals surface area contributed by atoms with Crippen LogP contribution in [0.15, 0.2) is 24.3 Å². The number of piperazine rings is 1. The first-order chi connectivity index (χ1) is 9.66. The number of likely N-dealkylation sites (N-methyl/N-ethyl adjacent to an activating group) is 1. The summed E-state index contributed by atoms with van der Waals surface area (Å²) in [4.78, 5) is 30.4. The quantitative estimate of drug-likeness (QED) is 0.780. The van der Waals surface area contributed by atoms with Crippen molar-refractivity contribution in [1.82, 2.24) is 14.7 Å². The maximum absolute atomic E-state index is 12.2. The van der Waals surface area contributed by atoms with E-state index in [1.807, 2.05) is 0 Å². The molecule has 1 fully saturated rings. The molecule has 3 rings (SSSR count). The van der Waals surface area contributed by atoms with Gasteiger partial charge in [0.05, 0.1) is 11.1 Å². The minimum absolute atomic E-state index is 0. The summed E-state index contributed by atoms with van der Waals surface area (Å²) in [5.41, 5.74) is 1.08. The number of benzene rings is 1. The van der Waals surface area contributed by atoms with Gasteiger partial charge in [-0.1, -0.05) is 12.1 Å². The second kappa shape index (κ2) is 6.56. The maximum Gasteiger partial charge on any atom is 0.261 e. The van der Waals surface area contributed by atoms with Crippen LogP contribution in [0.3, 0.4) is 0 Å². The molecule has 0 aliphatic carbocycles. The summed E-state index contributed by atoms with van der Waals surface area (Å²) >= 11 is 0. The van der Waals surface area contributed by atoms with Crippen LogP contribution in [0.4, 0.5) is 0 Å². The Hall–Kier alpha value is -1.43. The highest BCUT2D eigenvalue weighted by molar-refractivity contribution is 6.21. The average Bonchev–Trinajstić information content (AvgIpc) is 2.71. The summed E-state index contributed by atoms with van der Waals surface area (Å²) in [6.45, 7) is 5.33. The van der Waals surface area contributed by atoms with E-state index in [9.17, 15) is 9.59 Å². The molecule has 0 saturated carbocycles. The first kappa shape index (κ1) is 15.9. The van der Waals surface area contributed by atoms with E-state index >= 15 is 0 Å². The van der Waals surface area contributed by atoms with Crippen molar-refractivity contribution in [3.8, 4) is 0 Å². The Morgan fingerprint density at radius 3 is 1.95 bits per heavy atom. The number of imide groups is 1. The zero-order valence-corrected chi connectivity index (χ0v) is 12.9. The van der Waals surface area contributed by atoms with Crippen LogP contribution in [0, 0.1) is 0 Å². The van der Waals surface area contributed by atoms with Gasteiger partial charge in [-0.15, -0.1) is 12.4 Å². The van der Waals surface area contributed by atoms with Gasteiger partial charge in [0.25, 0.3) is 11.8 Å². The van der Waals surface area contributed by atoms with Gasteiger partial charge < -0.3 is 4.90 Å². The molecular weight excluding hydrogens is 290 g/mol. The van der Waals surface area contributed by atoms with Crippen molar-refractivity contribution in [2.75, 3.05) is 46.3 Å². The number of carbonyl (C=O) groups is 2. The zero-order chi connectivity index (χ0) is 14.1. The molecule has 1 aromatic carbocycles. The molecule has 0 atom stereocenters. The van der Waals surface area contributed by atoms with Gasteiger partial charge >= 0.3 is 0 Å². The SMILES string of the molecule is CN1CCN(CCN2C(=O)c3ccccc3C2=O)CC1.Cl. The van der Waals surface area contributed by atoms with Crippen LogP contribution in [0.5, 0.6) is 0 Å². The highest BCUT2D eigenvalue weighted by atomic mass is 35.5. The van der Waals surface area contributed by atoms with Gasteiger partial charge in [-0.2, -0.15) is 0 Å². The normalized spacial score (nSPS) is 19.6. The average molecular weight is 310 g/mol. The minimum Gasteiger partial charge on any atom is -0.304 e. The molecular formula is C15H20ClN3O2. The highest BCUT2D eigenvalue weighted by Gasteiger charge is 2.34. The first-order valence-electron chi connectivity index (χ1n) is 7.03. The molecule has 6 heteroatoms. The second-order valence-corrected chi connectivity index (χ2v) is 5.45. The van der Waals surface area contributed by atoms with Gasteiger partial charge in [0.2, 0.25) is 0 Å². The van der Waals surface area contributed by atoms with Crippen molar-refractivity contribution in [1.29, 1.82) is 0 Å². The van der Waals surface area contributed by atoms with E-state index in [0.717, 1.165) is 32.7 Å². The van der Waals surface area contributed by atoms with Crippen molar-refractivity contribution < 1.29 is 9.59 Å². The second-order valence-electron chi connectivity index (χ2n) is 5.45. The number of halogens is 1. The van der Waals surface area contributed by atoms with Crippen molar-refractivity contribution >= 4 is 24.2 Å². The van der Waals surface area contributed by atoms with E-state index in [1.54, 1.807) is 24.3 Å². The predicted octanol–water partition coefficient (Wildman–Crippen LogP) is 0.952. The van der Waals surface area contributed by atoms with E-state index in [-0.39, 0.29) is 24.2 Å². The van der Waals surface area contributed by atoms with Crippen LogP contribution in [0.1, 0.15) is 20.7 Å². The molecule has 114 valence electrons. The number of nitrogens with zero attached hydrogens (tertiary/aromatic N) is 3. The molecule has 0 unspecified atom stereocenters. The van der Waals surface area contributed by atoms with Crippen LogP contribution < -0.4 is 0 Å². The molecule has 2 heterocycles. The molecule has 2 aliphatic rings. The van der Waals surface area contributed by atoms with Crippen LogP contribution >= 0.6 is 12.4 Å². The molecule has 5 nitrogen and oxygen atoms in total. The summed E-state index contributed by atoms with van der Waals surface area (Å²) in [5.74, 6) is -0.306. The first-order valence-corrected chi connectivity index (χ1v) is 7.03. The molecule has 2 amide bonds. The standard InChI is InChI=1S/C15H19N3O2.ClH/c1-16-6-8-17(9-7-16)10-11-18-14(19)12-4-2-3-5-13(12)15(18)20;/h2-5H,6-11H2,1H3;1H. The third kappa shape index (κ3) is 3.10. The Kier molecular flexibility index (Phi) is 4.98. The topological polar surface area (TPSA) is 43.9 Å². The van der Waals surface area contributed by atoms with Crippen LogP contribution in [0.25, 0.3) is 0 Å². The molecule has 0 spiro atoms. The molecule has 1 saturated heterocycles. The van der Waals surface area contributed by atoms with E-state index in [2.05, 4.69) is 16.8 Å². The van der Waals surface area contributed by atoms with Gasteiger partial charge in [0.15, 0.2) is 0 Å². The smallest absolute Gasteiger partial charge is 0.261 e. The molecule has 0 N–H and O–H groups in total. The van der Waals surface area contributed by atoms with Crippen molar-refractivity contribution in [3.05, 3.63) is 35.4 Å². The molecule has 0 aromatic heterocycles. The lowest BCUT2D eigenvalue weighted by Crippen LogP contribution is -2.47. The summed E-state index contributed by atoms with van der Waals surface area (Å²) < 4.78 is 0. The highest BCUT2D eigenvalue weighted by Crippen LogP contribution is 2.22. The maximum atomic E-state index is 12.2. The number of hydrogen-bond acceptors (Lipinski definition) is 4. The third-order valence-corrected chi connectivity index (χ3v) is 4.11. The van der Waals surface area contributed by atoms with E-state index in [4.69, 9.17) is 0 Å². The lowest BCUT2D eigenvalue weighted by molar-refractivity contribution is 0.0621. The van der Waals surface area contributed by atoms with Crippen LogP contribution in [-0.2, 0) is 0 Å². The Labute approximate surface area is 130 Å². The lowest BCUT2D eigenvalue weighted by Gasteiger charge is -2.33. The summed E-state index contributed by atoms with van der Waals surface area (Å²) in [6.07, 6.45) is 0. The zero-order valence-electron chi connectivity index (χ0n) is 12.1. The van der Waals surface area contributed by atoms with Crippen LogP contribution in [0.2, 0.25) is 0 Å². The fraction of sp³-hybridized carbons (Fsp3) is 0.467. The monoisotopic (exact) mass is 309 g/mol. The molecule has 0 bridgehead atoms. The number of carbonyl (C=O) groups excluding carboxylic acids is 2. The van der Waals surface area contributed by atoms with E-state index in [0.29, 0.717) is 17.7 Å². The Balaban J connectivity index is 0.00000161. The number of rotatable bonds is 3. The van der Waals surface area contributed by atoms with Crippen molar-refractivity contribution in [3.63, 3.8) is 0 Å². The van der Waals surface area contributed by atoms with Gasteiger partial charge in [0.1, 0.15) is 0 Å². The third-order valence-electron chi connectivity index (χ3n) is 4.11. The Morgan fingerprint density at radius 1 is 0.905 bits per heavy atom. The molecule has 0 radical (unpaired) electrons. The van der Waals surface area contributed by atoms with E-state index < -0.39 is 0 Å². The largest absolute Gasteiger partial charge is 0.304 e. The number of fused-ring (bicyclic) bond motifs is 1.